The van der Waals surface area contributed by atoms with Crippen LogP contribution >= 0.6 is 46.7 Å². The Morgan fingerprint density at radius 1 is 1.14 bits per heavy atom. The predicted molar refractivity (Wildman–Crippen MR) is 96.5 cm³/mol. The Hall–Kier alpha value is -0.620. The molecule has 0 atom stereocenters. The van der Waals surface area contributed by atoms with E-state index in [9.17, 15) is 4.79 Å². The van der Waals surface area contributed by atoms with Crippen LogP contribution in [0.2, 0.25) is 10.0 Å². The van der Waals surface area contributed by atoms with Gasteiger partial charge >= 0.3 is 0 Å². The molecule has 0 spiro atoms. The minimum atomic E-state index is -0.387. The van der Waals surface area contributed by atoms with E-state index in [4.69, 9.17) is 23.2 Å². The van der Waals surface area contributed by atoms with Crippen LogP contribution in [0.4, 0.5) is 0 Å². The summed E-state index contributed by atoms with van der Waals surface area (Å²) in [6.45, 7) is 5.75. The molecule has 0 fully saturated rings. The monoisotopic (exact) mass is 374 g/mol. The van der Waals surface area contributed by atoms with Crippen LogP contribution in [0, 0.1) is 0 Å². The summed E-state index contributed by atoms with van der Waals surface area (Å²) in [7, 11) is 0. The molecule has 2 rings (SSSR count). The largest absolute Gasteiger partial charge is 0.287 e. The van der Waals surface area contributed by atoms with Gasteiger partial charge in [0.15, 0.2) is 0 Å². The first-order valence-corrected chi connectivity index (χ1v) is 9.31. The van der Waals surface area contributed by atoms with Crippen LogP contribution in [-0.2, 0) is 5.54 Å². The van der Waals surface area contributed by atoms with Gasteiger partial charge in [0.25, 0.3) is 5.56 Å². The molecule has 0 bridgehead atoms. The Balaban J connectivity index is 2.06. The van der Waals surface area contributed by atoms with Gasteiger partial charge in [0.1, 0.15) is 5.02 Å². The van der Waals surface area contributed by atoms with Crippen molar-refractivity contribution < 1.29 is 0 Å². The van der Waals surface area contributed by atoms with Gasteiger partial charge in [-0.05, 0) is 45.0 Å². The highest BCUT2D eigenvalue weighted by Crippen LogP contribution is 2.31. The highest BCUT2D eigenvalue weighted by molar-refractivity contribution is 8.16. The van der Waals surface area contributed by atoms with Crippen LogP contribution in [0.25, 0.3) is 0 Å². The number of halogens is 2. The Morgan fingerprint density at radius 3 is 2.36 bits per heavy atom. The molecule has 0 amide bonds. The van der Waals surface area contributed by atoms with Gasteiger partial charge in [-0.15, -0.1) is 23.5 Å². The standard InChI is InChI=1S/C15H16Cl2N2OS2/c1-15(2,3)19-14(20)13(17)12(8-18-19)22-9-21-11-6-4-10(16)5-7-11/h4-8H,9H2,1-3H3. The number of hydrogen-bond donors (Lipinski definition) is 0. The minimum Gasteiger partial charge on any atom is -0.266 e. The summed E-state index contributed by atoms with van der Waals surface area (Å²) >= 11 is 15.2. The van der Waals surface area contributed by atoms with E-state index >= 15 is 0 Å². The quantitative estimate of drug-likeness (QED) is 0.547. The fraction of sp³-hybridized carbons (Fsp3) is 0.333. The maximum Gasteiger partial charge on any atom is 0.287 e. The van der Waals surface area contributed by atoms with Crippen molar-refractivity contribution in [3.05, 3.63) is 50.9 Å². The Bertz CT molecular complexity index is 709. The van der Waals surface area contributed by atoms with Gasteiger partial charge in [-0.3, -0.25) is 4.79 Å². The van der Waals surface area contributed by atoms with Gasteiger partial charge in [-0.2, -0.15) is 5.10 Å². The van der Waals surface area contributed by atoms with Crippen molar-refractivity contribution in [2.45, 2.75) is 36.1 Å². The summed E-state index contributed by atoms with van der Waals surface area (Å²) in [6.07, 6.45) is 1.65. The SMILES string of the molecule is CC(C)(C)n1ncc(SCSc2ccc(Cl)cc2)c(Cl)c1=O. The zero-order valence-corrected chi connectivity index (χ0v) is 15.6. The third-order valence-electron chi connectivity index (χ3n) is 2.78. The first kappa shape index (κ1) is 17.7. The Labute approximate surface area is 148 Å². The molecule has 0 aliphatic carbocycles. The number of rotatable bonds is 4. The number of hydrogen-bond acceptors (Lipinski definition) is 4. The van der Waals surface area contributed by atoms with Gasteiger partial charge in [0, 0.05) is 15.0 Å². The van der Waals surface area contributed by atoms with Gasteiger partial charge in [-0.25, -0.2) is 4.68 Å². The molecule has 0 unspecified atom stereocenters. The summed E-state index contributed by atoms with van der Waals surface area (Å²) in [6, 6.07) is 7.64. The smallest absolute Gasteiger partial charge is 0.266 e. The molecule has 2 aromatic rings. The molecule has 0 aliphatic heterocycles. The fourth-order valence-electron chi connectivity index (χ4n) is 1.69. The number of nitrogens with zero attached hydrogens (tertiary/aromatic N) is 2. The average molecular weight is 375 g/mol. The lowest BCUT2D eigenvalue weighted by atomic mass is 10.1. The first-order valence-electron chi connectivity index (χ1n) is 6.58. The van der Waals surface area contributed by atoms with Gasteiger partial charge in [-0.1, -0.05) is 23.2 Å². The lowest BCUT2D eigenvalue weighted by Gasteiger charge is -2.21. The molecule has 0 radical (unpaired) electrons. The molecule has 0 aliphatic rings. The van der Waals surface area contributed by atoms with Crippen LogP contribution in [-0.4, -0.2) is 14.9 Å². The minimum absolute atomic E-state index is 0.228. The van der Waals surface area contributed by atoms with Crippen molar-refractivity contribution in [3.63, 3.8) is 0 Å². The third-order valence-corrected chi connectivity index (χ3v) is 5.67. The lowest BCUT2D eigenvalue weighted by molar-refractivity contribution is 0.336. The van der Waals surface area contributed by atoms with Crippen molar-refractivity contribution in [3.8, 4) is 0 Å². The Kier molecular flexibility index (Phi) is 5.88. The van der Waals surface area contributed by atoms with Crippen LogP contribution in [0.5, 0.6) is 0 Å². The van der Waals surface area contributed by atoms with E-state index in [-0.39, 0.29) is 16.1 Å². The van der Waals surface area contributed by atoms with Gasteiger partial charge in [0.2, 0.25) is 0 Å². The highest BCUT2D eigenvalue weighted by Gasteiger charge is 2.19. The molecule has 22 heavy (non-hydrogen) atoms. The third kappa shape index (κ3) is 4.44. The van der Waals surface area contributed by atoms with E-state index in [1.54, 1.807) is 18.0 Å². The second kappa shape index (κ2) is 7.30. The summed E-state index contributed by atoms with van der Waals surface area (Å²) in [5.74, 6) is 0. The average Bonchev–Trinajstić information content (AvgIpc) is 2.44. The van der Waals surface area contributed by atoms with Gasteiger partial charge < -0.3 is 0 Å². The molecule has 1 aromatic heterocycles. The molecule has 1 heterocycles. The molecular formula is C15H16Cl2N2OS2. The first-order chi connectivity index (χ1) is 10.3. The second-order valence-electron chi connectivity index (χ2n) is 5.57. The summed E-state index contributed by atoms with van der Waals surface area (Å²) in [5, 5.41) is 5.90. The topological polar surface area (TPSA) is 34.9 Å². The predicted octanol–water partition coefficient (Wildman–Crippen LogP) is 5.15. The van der Waals surface area contributed by atoms with Crippen molar-refractivity contribution in [2.24, 2.45) is 0 Å². The summed E-state index contributed by atoms with van der Waals surface area (Å²) in [4.78, 5) is 14.1. The zero-order valence-electron chi connectivity index (χ0n) is 12.5. The second-order valence-corrected chi connectivity index (χ2v) is 8.82. The molecule has 118 valence electrons. The molecule has 1 aromatic carbocycles. The molecule has 0 N–H and O–H groups in total. The molecular weight excluding hydrogens is 359 g/mol. The van der Waals surface area contributed by atoms with Crippen molar-refractivity contribution >= 4 is 46.7 Å². The highest BCUT2D eigenvalue weighted by atomic mass is 35.5. The maximum atomic E-state index is 12.2. The molecule has 3 nitrogen and oxygen atoms in total. The van der Waals surface area contributed by atoms with Gasteiger partial charge in [0.05, 0.1) is 16.6 Å². The van der Waals surface area contributed by atoms with Crippen LogP contribution < -0.4 is 5.56 Å². The van der Waals surface area contributed by atoms with Crippen LogP contribution in [0.1, 0.15) is 20.8 Å². The fourth-order valence-corrected chi connectivity index (χ4v) is 4.06. The van der Waals surface area contributed by atoms with Crippen molar-refractivity contribution in [1.82, 2.24) is 9.78 Å². The molecule has 0 saturated heterocycles. The number of aromatic nitrogens is 2. The van der Waals surface area contributed by atoms with E-state index in [1.807, 2.05) is 45.0 Å². The maximum absolute atomic E-state index is 12.2. The molecule has 7 heteroatoms. The summed E-state index contributed by atoms with van der Waals surface area (Å²) < 4.78 is 1.41. The molecule has 0 saturated carbocycles. The summed E-state index contributed by atoms with van der Waals surface area (Å²) in [5.41, 5.74) is -0.641. The van der Waals surface area contributed by atoms with E-state index in [2.05, 4.69) is 5.10 Å². The number of benzene rings is 1. The van der Waals surface area contributed by atoms with Crippen molar-refractivity contribution in [2.75, 3.05) is 5.08 Å². The van der Waals surface area contributed by atoms with E-state index in [1.165, 1.54) is 16.4 Å². The Morgan fingerprint density at radius 2 is 1.77 bits per heavy atom. The van der Waals surface area contributed by atoms with Crippen LogP contribution in [0.15, 0.2) is 45.0 Å². The van der Waals surface area contributed by atoms with Crippen LogP contribution in [0.3, 0.4) is 0 Å². The number of thioether (sulfide) groups is 2. The van der Waals surface area contributed by atoms with Crippen molar-refractivity contribution in [1.29, 1.82) is 0 Å². The lowest BCUT2D eigenvalue weighted by Crippen LogP contribution is -2.36. The van der Waals surface area contributed by atoms with E-state index in [0.29, 0.717) is 4.90 Å². The zero-order chi connectivity index (χ0) is 16.3. The van der Waals surface area contributed by atoms with E-state index < -0.39 is 0 Å². The van der Waals surface area contributed by atoms with E-state index in [0.717, 1.165) is 15.0 Å². The normalized spacial score (nSPS) is 11.7.